The van der Waals surface area contributed by atoms with Crippen LogP contribution in [0.3, 0.4) is 0 Å². The second-order valence-electron chi connectivity index (χ2n) is 3.39. The molecule has 0 saturated heterocycles. The van der Waals surface area contributed by atoms with Crippen molar-refractivity contribution in [1.82, 2.24) is 0 Å². The van der Waals surface area contributed by atoms with E-state index in [1.807, 2.05) is 19.1 Å². The summed E-state index contributed by atoms with van der Waals surface area (Å²) in [6.07, 6.45) is 4.67. The average Bonchev–Trinajstić information content (AvgIpc) is 2.18. The number of hydrogen-bond acceptors (Lipinski definition) is 0. The summed E-state index contributed by atoms with van der Waals surface area (Å²) >= 11 is 0. The summed E-state index contributed by atoms with van der Waals surface area (Å²) in [6, 6.07) is 6.32. The van der Waals surface area contributed by atoms with Gasteiger partial charge in [-0.25, -0.2) is 0 Å². The molecular formula is C14H16. The molecule has 0 radical (unpaired) electrons. The van der Waals surface area contributed by atoms with Crippen molar-refractivity contribution >= 4 is 11.6 Å². The summed E-state index contributed by atoms with van der Waals surface area (Å²) in [5.41, 5.74) is 4.69. The molecule has 0 unspecified atom stereocenters. The molecule has 0 heteroatoms. The van der Waals surface area contributed by atoms with E-state index in [1.54, 1.807) is 0 Å². The van der Waals surface area contributed by atoms with Crippen LogP contribution in [0, 0.1) is 0 Å². The normalized spacial score (nSPS) is 9.50. The second kappa shape index (κ2) is 4.61. The molecule has 0 amide bonds. The van der Waals surface area contributed by atoms with Gasteiger partial charge in [-0.1, -0.05) is 43.0 Å². The van der Waals surface area contributed by atoms with E-state index in [-0.39, 0.29) is 0 Å². The van der Waals surface area contributed by atoms with Crippen LogP contribution in [0.15, 0.2) is 44.0 Å². The van der Waals surface area contributed by atoms with Gasteiger partial charge in [-0.05, 0) is 36.1 Å². The van der Waals surface area contributed by atoms with Crippen LogP contribution in [0.2, 0.25) is 0 Å². The Labute approximate surface area is 86.3 Å². The van der Waals surface area contributed by atoms with Crippen LogP contribution >= 0.6 is 0 Å². The van der Waals surface area contributed by atoms with Gasteiger partial charge in [0.25, 0.3) is 0 Å². The topological polar surface area (TPSA) is 0 Å². The minimum atomic E-state index is 0.887. The van der Waals surface area contributed by atoms with Crippen LogP contribution < -0.4 is 0 Å². The van der Waals surface area contributed by atoms with Gasteiger partial charge in [0.2, 0.25) is 0 Å². The fraction of sp³-hybridized carbons (Fsp3) is 0.143. The third-order valence-corrected chi connectivity index (χ3v) is 2.22. The van der Waals surface area contributed by atoms with Gasteiger partial charge in [0.1, 0.15) is 0 Å². The highest BCUT2D eigenvalue weighted by Crippen LogP contribution is 2.18. The quantitative estimate of drug-likeness (QED) is 0.618. The fourth-order valence-electron chi connectivity index (χ4n) is 1.39. The molecule has 0 aliphatic carbocycles. The van der Waals surface area contributed by atoms with Crippen LogP contribution in [0.4, 0.5) is 0 Å². The van der Waals surface area contributed by atoms with E-state index in [2.05, 4.69) is 37.9 Å². The van der Waals surface area contributed by atoms with E-state index in [9.17, 15) is 0 Å². The average molecular weight is 184 g/mol. The third-order valence-electron chi connectivity index (χ3n) is 2.22. The molecule has 0 spiro atoms. The molecule has 0 fully saturated rings. The highest BCUT2D eigenvalue weighted by molar-refractivity contribution is 5.66. The van der Waals surface area contributed by atoms with Gasteiger partial charge < -0.3 is 0 Å². The molecule has 72 valence electrons. The predicted molar refractivity (Wildman–Crippen MR) is 65.1 cm³/mol. The van der Waals surface area contributed by atoms with Gasteiger partial charge in [-0.2, -0.15) is 0 Å². The SMILES string of the molecule is C=CCc1ccc(C(=C)C)cc1C=C. The summed E-state index contributed by atoms with van der Waals surface area (Å²) in [5, 5.41) is 0. The number of hydrogen-bond donors (Lipinski definition) is 0. The second-order valence-corrected chi connectivity index (χ2v) is 3.39. The third kappa shape index (κ3) is 2.23. The van der Waals surface area contributed by atoms with E-state index < -0.39 is 0 Å². The maximum Gasteiger partial charge on any atom is -0.00942 e. The Morgan fingerprint density at radius 2 is 2.07 bits per heavy atom. The van der Waals surface area contributed by atoms with Crippen LogP contribution in [-0.4, -0.2) is 0 Å². The lowest BCUT2D eigenvalue weighted by atomic mass is 9.99. The molecule has 0 aromatic heterocycles. The van der Waals surface area contributed by atoms with Crippen LogP contribution in [0.25, 0.3) is 11.6 Å². The van der Waals surface area contributed by atoms with Crippen molar-refractivity contribution in [3.8, 4) is 0 Å². The van der Waals surface area contributed by atoms with Crippen molar-refractivity contribution in [2.45, 2.75) is 13.3 Å². The number of benzene rings is 1. The van der Waals surface area contributed by atoms with E-state index in [0.717, 1.165) is 12.0 Å². The van der Waals surface area contributed by atoms with E-state index >= 15 is 0 Å². The fourth-order valence-corrected chi connectivity index (χ4v) is 1.39. The van der Waals surface area contributed by atoms with Gasteiger partial charge in [0.05, 0.1) is 0 Å². The molecule has 0 bridgehead atoms. The Bertz CT molecular complexity index is 370. The number of allylic oxidation sites excluding steroid dienone is 2. The Morgan fingerprint density at radius 3 is 2.57 bits per heavy atom. The molecule has 0 nitrogen and oxygen atoms in total. The molecule has 0 saturated carbocycles. The lowest BCUT2D eigenvalue weighted by Gasteiger charge is -2.06. The molecule has 0 aliphatic heterocycles. The van der Waals surface area contributed by atoms with Gasteiger partial charge in [0.15, 0.2) is 0 Å². The monoisotopic (exact) mass is 184 g/mol. The zero-order valence-electron chi connectivity index (χ0n) is 8.72. The molecule has 14 heavy (non-hydrogen) atoms. The summed E-state index contributed by atoms with van der Waals surface area (Å²) in [6.45, 7) is 13.5. The maximum absolute atomic E-state index is 3.92. The van der Waals surface area contributed by atoms with Gasteiger partial charge in [-0.15, -0.1) is 6.58 Å². The molecular weight excluding hydrogens is 168 g/mol. The largest absolute Gasteiger partial charge is 0.103 e. The predicted octanol–water partition coefficient (Wildman–Crippen LogP) is 4.09. The van der Waals surface area contributed by atoms with Crippen LogP contribution in [0.1, 0.15) is 23.6 Å². The Morgan fingerprint density at radius 1 is 1.36 bits per heavy atom. The molecule has 0 aliphatic rings. The Hall–Kier alpha value is -1.56. The highest BCUT2D eigenvalue weighted by Gasteiger charge is 2.00. The summed E-state index contributed by atoms with van der Waals surface area (Å²) in [5.74, 6) is 0. The lowest BCUT2D eigenvalue weighted by molar-refractivity contribution is 1.26. The molecule has 0 atom stereocenters. The molecule has 0 N–H and O–H groups in total. The van der Waals surface area contributed by atoms with E-state index in [0.29, 0.717) is 0 Å². The van der Waals surface area contributed by atoms with Gasteiger partial charge in [0, 0.05) is 0 Å². The first kappa shape index (κ1) is 10.5. The maximum atomic E-state index is 3.92. The van der Waals surface area contributed by atoms with E-state index in [4.69, 9.17) is 0 Å². The van der Waals surface area contributed by atoms with Gasteiger partial charge in [-0.3, -0.25) is 0 Å². The lowest BCUT2D eigenvalue weighted by Crippen LogP contribution is -1.89. The summed E-state index contributed by atoms with van der Waals surface area (Å²) < 4.78 is 0. The van der Waals surface area contributed by atoms with E-state index in [1.165, 1.54) is 16.7 Å². The van der Waals surface area contributed by atoms with Crippen molar-refractivity contribution in [2.24, 2.45) is 0 Å². The Kier molecular flexibility index (Phi) is 3.47. The highest BCUT2D eigenvalue weighted by atomic mass is 14.0. The first-order valence-electron chi connectivity index (χ1n) is 4.71. The smallest absolute Gasteiger partial charge is 0.00942 e. The molecule has 1 rings (SSSR count). The molecule has 0 heterocycles. The van der Waals surface area contributed by atoms with Crippen LogP contribution in [-0.2, 0) is 6.42 Å². The zero-order valence-corrected chi connectivity index (χ0v) is 8.72. The summed E-state index contributed by atoms with van der Waals surface area (Å²) in [7, 11) is 0. The van der Waals surface area contributed by atoms with Crippen molar-refractivity contribution in [1.29, 1.82) is 0 Å². The van der Waals surface area contributed by atoms with Crippen molar-refractivity contribution in [3.05, 3.63) is 60.7 Å². The minimum Gasteiger partial charge on any atom is -0.103 e. The summed E-state index contributed by atoms with van der Waals surface area (Å²) in [4.78, 5) is 0. The van der Waals surface area contributed by atoms with Gasteiger partial charge >= 0.3 is 0 Å². The standard InChI is InChI=1S/C14H16/c1-5-7-13-8-9-14(11(3)4)10-12(13)6-2/h5-6,8-10H,1-3,7H2,4H3. The van der Waals surface area contributed by atoms with Crippen molar-refractivity contribution < 1.29 is 0 Å². The Balaban J connectivity index is 3.17. The van der Waals surface area contributed by atoms with Crippen LogP contribution in [0.5, 0.6) is 0 Å². The first-order valence-corrected chi connectivity index (χ1v) is 4.71. The number of rotatable bonds is 4. The van der Waals surface area contributed by atoms with Crippen molar-refractivity contribution in [2.75, 3.05) is 0 Å². The molecule has 1 aromatic rings. The first-order chi connectivity index (χ1) is 6.69. The zero-order chi connectivity index (χ0) is 10.6. The molecule has 1 aromatic carbocycles. The van der Waals surface area contributed by atoms with Crippen molar-refractivity contribution in [3.63, 3.8) is 0 Å². The minimum absolute atomic E-state index is 0.887.